The van der Waals surface area contributed by atoms with E-state index in [2.05, 4.69) is 12.2 Å². The van der Waals surface area contributed by atoms with E-state index >= 15 is 0 Å². The Kier molecular flexibility index (Phi) is 3.90. The Morgan fingerprint density at radius 2 is 2.11 bits per heavy atom. The van der Waals surface area contributed by atoms with Crippen LogP contribution in [0.1, 0.15) is 33.1 Å². The van der Waals surface area contributed by atoms with E-state index in [1.807, 2.05) is 0 Å². The predicted molar refractivity (Wildman–Crippen MR) is 68.7 cm³/mol. The number of carbonyl (C=O) groups is 2. The molecule has 102 valence electrons. The van der Waals surface area contributed by atoms with E-state index < -0.39 is 0 Å². The summed E-state index contributed by atoms with van der Waals surface area (Å²) < 4.78 is 0. The summed E-state index contributed by atoms with van der Waals surface area (Å²) in [6.45, 7) is 5.02. The highest BCUT2D eigenvalue weighted by molar-refractivity contribution is 5.89. The highest BCUT2D eigenvalue weighted by Crippen LogP contribution is 2.31. The molecule has 4 unspecified atom stereocenters. The van der Waals surface area contributed by atoms with Crippen LogP contribution in [-0.4, -0.2) is 41.9 Å². The maximum Gasteiger partial charge on any atom is 0.242 e. The van der Waals surface area contributed by atoms with Crippen LogP contribution < -0.4 is 11.1 Å². The molecule has 1 saturated heterocycles. The lowest BCUT2D eigenvalue weighted by Crippen LogP contribution is -2.58. The molecule has 0 aromatic rings. The van der Waals surface area contributed by atoms with Gasteiger partial charge < -0.3 is 16.0 Å². The summed E-state index contributed by atoms with van der Waals surface area (Å²) in [6.07, 6.45) is 2.91. The fraction of sp³-hybridized carbons (Fsp3) is 0.846. The largest absolute Gasteiger partial charge is 0.353 e. The highest BCUT2D eigenvalue weighted by Gasteiger charge is 2.38. The third kappa shape index (κ3) is 2.36. The Morgan fingerprint density at radius 1 is 1.39 bits per heavy atom. The molecule has 5 heteroatoms. The molecule has 0 bridgehead atoms. The Bertz CT molecular complexity index is 345. The minimum atomic E-state index is -0.350. The van der Waals surface area contributed by atoms with Crippen molar-refractivity contribution in [1.82, 2.24) is 10.2 Å². The van der Waals surface area contributed by atoms with E-state index in [-0.39, 0.29) is 35.7 Å². The molecule has 2 fully saturated rings. The van der Waals surface area contributed by atoms with E-state index in [0.717, 1.165) is 19.3 Å². The molecule has 5 nitrogen and oxygen atoms in total. The van der Waals surface area contributed by atoms with Crippen LogP contribution in [0.5, 0.6) is 0 Å². The van der Waals surface area contributed by atoms with Gasteiger partial charge in [-0.2, -0.15) is 0 Å². The molecule has 0 radical (unpaired) electrons. The molecule has 1 saturated carbocycles. The summed E-state index contributed by atoms with van der Waals surface area (Å²) >= 11 is 0. The van der Waals surface area contributed by atoms with Gasteiger partial charge in [0.25, 0.3) is 0 Å². The molecule has 1 aliphatic heterocycles. The van der Waals surface area contributed by atoms with Gasteiger partial charge in [0, 0.05) is 25.0 Å². The van der Waals surface area contributed by atoms with Crippen LogP contribution in [0.25, 0.3) is 0 Å². The van der Waals surface area contributed by atoms with Gasteiger partial charge in [0.05, 0.1) is 0 Å². The quantitative estimate of drug-likeness (QED) is 0.696. The molecular formula is C13H23N3O2. The average Bonchev–Trinajstić information content (AvgIpc) is 2.35. The van der Waals surface area contributed by atoms with Crippen LogP contribution in [0.2, 0.25) is 0 Å². The molecule has 18 heavy (non-hydrogen) atoms. The first-order valence-electron chi connectivity index (χ1n) is 6.86. The smallest absolute Gasteiger partial charge is 0.242 e. The lowest BCUT2D eigenvalue weighted by atomic mass is 9.76. The number of nitrogens with zero attached hydrogens (tertiary/aromatic N) is 1. The van der Waals surface area contributed by atoms with Gasteiger partial charge in [0.15, 0.2) is 0 Å². The number of nitrogens with two attached hydrogens (primary N) is 1. The lowest BCUT2D eigenvalue weighted by molar-refractivity contribution is -0.147. The van der Waals surface area contributed by atoms with Crippen molar-refractivity contribution in [1.29, 1.82) is 0 Å². The number of amides is 2. The normalized spacial score (nSPS) is 37.3. The maximum absolute atomic E-state index is 12.6. The van der Waals surface area contributed by atoms with Gasteiger partial charge in [-0.25, -0.2) is 0 Å². The first kappa shape index (κ1) is 13.3. The predicted octanol–water partition coefficient (Wildman–Crippen LogP) is 0.0968. The van der Waals surface area contributed by atoms with Crippen molar-refractivity contribution in [2.75, 3.05) is 13.1 Å². The van der Waals surface area contributed by atoms with Crippen molar-refractivity contribution in [3.8, 4) is 0 Å². The molecule has 1 heterocycles. The maximum atomic E-state index is 12.6. The minimum Gasteiger partial charge on any atom is -0.353 e. The standard InChI is InChI=1S/C13H23N3O2/c1-8-10(4-3-5-11(8)14)13(18)16-7-6-15-12(17)9(16)2/h8-11H,3-7,14H2,1-2H3,(H,15,17). The third-order valence-corrected chi connectivity index (χ3v) is 4.46. The second kappa shape index (κ2) is 5.26. The summed E-state index contributed by atoms with van der Waals surface area (Å²) in [4.78, 5) is 25.9. The van der Waals surface area contributed by atoms with Crippen molar-refractivity contribution in [3.63, 3.8) is 0 Å². The monoisotopic (exact) mass is 253 g/mol. The molecule has 3 N–H and O–H groups in total. The van der Waals surface area contributed by atoms with Gasteiger partial charge in [-0.15, -0.1) is 0 Å². The van der Waals surface area contributed by atoms with Crippen LogP contribution in [0.4, 0.5) is 0 Å². The van der Waals surface area contributed by atoms with Gasteiger partial charge >= 0.3 is 0 Å². The first-order valence-corrected chi connectivity index (χ1v) is 6.86. The van der Waals surface area contributed by atoms with Crippen LogP contribution >= 0.6 is 0 Å². The van der Waals surface area contributed by atoms with Crippen LogP contribution in [0.15, 0.2) is 0 Å². The number of rotatable bonds is 1. The zero-order valence-corrected chi connectivity index (χ0v) is 11.2. The van der Waals surface area contributed by atoms with Crippen molar-refractivity contribution in [2.24, 2.45) is 17.6 Å². The van der Waals surface area contributed by atoms with Crippen LogP contribution in [0.3, 0.4) is 0 Å². The Labute approximate surface area is 108 Å². The van der Waals surface area contributed by atoms with Crippen molar-refractivity contribution >= 4 is 11.8 Å². The van der Waals surface area contributed by atoms with E-state index in [9.17, 15) is 9.59 Å². The molecular weight excluding hydrogens is 230 g/mol. The zero-order chi connectivity index (χ0) is 13.3. The van der Waals surface area contributed by atoms with Crippen LogP contribution in [0, 0.1) is 11.8 Å². The lowest BCUT2D eigenvalue weighted by Gasteiger charge is -2.39. The third-order valence-electron chi connectivity index (χ3n) is 4.46. The van der Waals surface area contributed by atoms with Crippen molar-refractivity contribution in [2.45, 2.75) is 45.2 Å². The number of nitrogens with one attached hydrogen (secondary N) is 1. The second-order valence-corrected chi connectivity index (χ2v) is 5.56. The molecule has 4 atom stereocenters. The molecule has 1 aliphatic carbocycles. The molecule has 0 aromatic heterocycles. The Hall–Kier alpha value is -1.10. The Balaban J connectivity index is 2.08. The van der Waals surface area contributed by atoms with Gasteiger partial charge in [-0.05, 0) is 25.7 Å². The molecule has 2 aliphatic rings. The highest BCUT2D eigenvalue weighted by atomic mass is 16.2. The zero-order valence-electron chi connectivity index (χ0n) is 11.2. The summed E-state index contributed by atoms with van der Waals surface area (Å²) in [5.41, 5.74) is 6.05. The van der Waals surface area contributed by atoms with Crippen LogP contribution in [-0.2, 0) is 9.59 Å². The fourth-order valence-electron chi connectivity index (χ4n) is 3.04. The molecule has 2 amide bonds. The minimum absolute atomic E-state index is 0.0119. The second-order valence-electron chi connectivity index (χ2n) is 5.56. The van der Waals surface area contributed by atoms with Gasteiger partial charge in [0.1, 0.15) is 6.04 Å². The van der Waals surface area contributed by atoms with Gasteiger partial charge in [-0.1, -0.05) is 13.3 Å². The molecule has 2 rings (SSSR count). The average molecular weight is 253 g/mol. The number of carbonyl (C=O) groups excluding carboxylic acids is 2. The number of hydrogen-bond donors (Lipinski definition) is 2. The topological polar surface area (TPSA) is 75.4 Å². The molecule has 0 aromatic carbocycles. The van der Waals surface area contributed by atoms with E-state index in [4.69, 9.17) is 5.73 Å². The van der Waals surface area contributed by atoms with Gasteiger partial charge in [0.2, 0.25) is 11.8 Å². The van der Waals surface area contributed by atoms with E-state index in [1.54, 1.807) is 11.8 Å². The number of hydrogen-bond acceptors (Lipinski definition) is 3. The summed E-state index contributed by atoms with van der Waals surface area (Å²) in [5, 5.41) is 2.78. The summed E-state index contributed by atoms with van der Waals surface area (Å²) in [7, 11) is 0. The van der Waals surface area contributed by atoms with Gasteiger partial charge in [-0.3, -0.25) is 9.59 Å². The fourth-order valence-corrected chi connectivity index (χ4v) is 3.04. The SMILES string of the molecule is CC1C(N)CCCC1C(=O)N1CCNC(=O)C1C. The van der Waals surface area contributed by atoms with E-state index in [0.29, 0.717) is 13.1 Å². The summed E-state index contributed by atoms with van der Waals surface area (Å²) in [5.74, 6) is 0.257. The Morgan fingerprint density at radius 3 is 2.83 bits per heavy atom. The first-order chi connectivity index (χ1) is 8.52. The molecule has 0 spiro atoms. The summed E-state index contributed by atoms with van der Waals surface area (Å²) in [6, 6.07) is -0.238. The van der Waals surface area contributed by atoms with Crippen molar-refractivity contribution in [3.05, 3.63) is 0 Å². The number of piperazine rings is 1. The van der Waals surface area contributed by atoms with E-state index in [1.165, 1.54) is 0 Å². The van der Waals surface area contributed by atoms with Crippen molar-refractivity contribution < 1.29 is 9.59 Å².